The topological polar surface area (TPSA) is 111 Å². The number of imide groups is 1. The summed E-state index contributed by atoms with van der Waals surface area (Å²) in [6, 6.07) is 4.03. The summed E-state index contributed by atoms with van der Waals surface area (Å²) in [5, 5.41) is 8.06. The van der Waals surface area contributed by atoms with Gasteiger partial charge in [0.2, 0.25) is 11.8 Å². The Balaban J connectivity index is 2.29. The van der Waals surface area contributed by atoms with Crippen molar-refractivity contribution < 1.29 is 14.4 Å². The Morgan fingerprint density at radius 2 is 2.23 bits per heavy atom. The molecule has 22 heavy (non-hydrogen) atoms. The van der Waals surface area contributed by atoms with E-state index < -0.39 is 17.9 Å². The molecule has 7 nitrogen and oxygen atoms in total. The molecular formula is C15H14N4O3. The number of benzene rings is 1. The number of hydrogen-bond acceptors (Lipinski definition) is 5. The Kier molecular flexibility index (Phi) is 4.63. The zero-order chi connectivity index (χ0) is 16.1. The molecule has 1 aliphatic rings. The number of amides is 3. The van der Waals surface area contributed by atoms with Crippen LogP contribution >= 0.6 is 0 Å². The first kappa shape index (κ1) is 15.4. The molecule has 0 radical (unpaired) electrons. The highest BCUT2D eigenvalue weighted by Crippen LogP contribution is 2.23. The van der Waals surface area contributed by atoms with E-state index in [0.717, 1.165) is 0 Å². The molecule has 7 heteroatoms. The van der Waals surface area contributed by atoms with E-state index in [9.17, 15) is 14.4 Å². The fraction of sp³-hybridized carbons (Fsp3) is 0.267. The van der Waals surface area contributed by atoms with E-state index in [2.05, 4.69) is 27.6 Å². The van der Waals surface area contributed by atoms with Gasteiger partial charge in [0.15, 0.2) is 0 Å². The van der Waals surface area contributed by atoms with Crippen molar-refractivity contribution in [2.75, 3.05) is 0 Å². The van der Waals surface area contributed by atoms with E-state index in [-0.39, 0.29) is 30.0 Å². The van der Waals surface area contributed by atoms with Gasteiger partial charge in [0.05, 0.1) is 11.3 Å². The Morgan fingerprint density at radius 1 is 1.45 bits per heavy atom. The Bertz CT molecular complexity index is 715. The second-order valence-electron chi connectivity index (χ2n) is 4.66. The predicted octanol–water partition coefficient (Wildman–Crippen LogP) is 1.26. The van der Waals surface area contributed by atoms with E-state index in [1.165, 1.54) is 6.07 Å². The average Bonchev–Trinajstić information content (AvgIpc) is 2.50. The van der Waals surface area contributed by atoms with Crippen LogP contribution in [0.2, 0.25) is 0 Å². The van der Waals surface area contributed by atoms with Crippen molar-refractivity contribution >= 4 is 23.4 Å². The van der Waals surface area contributed by atoms with Crippen molar-refractivity contribution in [1.82, 2.24) is 10.6 Å². The monoisotopic (exact) mass is 298 g/mol. The standard InChI is InChI=1S/C15H14N4O3/c1-2-4-9-5-3-6-10(19-16)13(9)15(22)17-11-7-8-12(20)18-14(11)21/h3,5-6,11,16H,7-8H2,1H3,(H,17,22)(H,18,20,21). The third-order valence-corrected chi connectivity index (χ3v) is 3.19. The number of carbonyl (C=O) groups excluding carboxylic acids is 3. The van der Waals surface area contributed by atoms with Crippen LogP contribution in [0.4, 0.5) is 5.69 Å². The molecule has 1 aromatic carbocycles. The first-order valence-electron chi connectivity index (χ1n) is 6.64. The highest BCUT2D eigenvalue weighted by atomic mass is 16.2. The molecular weight excluding hydrogens is 284 g/mol. The number of nitrogens with one attached hydrogen (secondary N) is 3. The van der Waals surface area contributed by atoms with Crippen molar-refractivity contribution in [1.29, 1.82) is 5.53 Å². The normalized spacial score (nSPS) is 17.0. The summed E-state index contributed by atoms with van der Waals surface area (Å²) < 4.78 is 0. The highest BCUT2D eigenvalue weighted by Gasteiger charge is 2.29. The van der Waals surface area contributed by atoms with Gasteiger partial charge in [-0.25, -0.2) is 5.53 Å². The summed E-state index contributed by atoms with van der Waals surface area (Å²) in [7, 11) is 0. The summed E-state index contributed by atoms with van der Waals surface area (Å²) in [4.78, 5) is 35.2. The number of rotatable bonds is 3. The van der Waals surface area contributed by atoms with Gasteiger partial charge < -0.3 is 5.32 Å². The largest absolute Gasteiger partial charge is 0.340 e. The van der Waals surface area contributed by atoms with Crippen molar-refractivity contribution in [2.24, 2.45) is 5.11 Å². The molecule has 0 aromatic heterocycles. The van der Waals surface area contributed by atoms with Crippen molar-refractivity contribution in [3.05, 3.63) is 29.3 Å². The highest BCUT2D eigenvalue weighted by molar-refractivity contribution is 6.06. The van der Waals surface area contributed by atoms with Crippen molar-refractivity contribution in [3.8, 4) is 11.8 Å². The van der Waals surface area contributed by atoms with Crippen LogP contribution in [0.5, 0.6) is 0 Å². The summed E-state index contributed by atoms with van der Waals surface area (Å²) in [5.41, 5.74) is 7.92. The second kappa shape index (κ2) is 6.63. The zero-order valence-electron chi connectivity index (χ0n) is 11.9. The molecule has 1 unspecified atom stereocenters. The van der Waals surface area contributed by atoms with Crippen LogP contribution in [-0.2, 0) is 9.59 Å². The maximum absolute atomic E-state index is 12.4. The molecule has 1 aromatic rings. The second-order valence-corrected chi connectivity index (χ2v) is 4.66. The molecule has 3 amide bonds. The lowest BCUT2D eigenvalue weighted by atomic mass is 10.0. The lowest BCUT2D eigenvalue weighted by Crippen LogP contribution is -2.52. The van der Waals surface area contributed by atoms with E-state index in [1.807, 2.05) is 0 Å². The van der Waals surface area contributed by atoms with E-state index >= 15 is 0 Å². The molecule has 0 spiro atoms. The summed E-state index contributed by atoms with van der Waals surface area (Å²) in [6.45, 7) is 1.63. The minimum atomic E-state index is -0.786. The lowest BCUT2D eigenvalue weighted by Gasteiger charge is -2.22. The maximum Gasteiger partial charge on any atom is 0.255 e. The third-order valence-electron chi connectivity index (χ3n) is 3.19. The Hall–Kier alpha value is -3.01. The van der Waals surface area contributed by atoms with Crippen LogP contribution in [0.25, 0.3) is 0 Å². The van der Waals surface area contributed by atoms with Gasteiger partial charge in [-0.05, 0) is 25.5 Å². The molecule has 0 aliphatic carbocycles. The summed E-state index contributed by atoms with van der Waals surface area (Å²) in [5.74, 6) is 4.04. The van der Waals surface area contributed by atoms with Gasteiger partial charge in [0.25, 0.3) is 5.91 Å². The predicted molar refractivity (Wildman–Crippen MR) is 77.4 cm³/mol. The van der Waals surface area contributed by atoms with Crippen molar-refractivity contribution in [3.63, 3.8) is 0 Å². The molecule has 1 heterocycles. The first-order valence-corrected chi connectivity index (χ1v) is 6.64. The average molecular weight is 298 g/mol. The molecule has 1 aliphatic heterocycles. The fourth-order valence-corrected chi connectivity index (χ4v) is 2.17. The van der Waals surface area contributed by atoms with E-state index in [0.29, 0.717) is 5.56 Å². The Labute approximate surface area is 127 Å². The molecule has 112 valence electrons. The van der Waals surface area contributed by atoms with Gasteiger partial charge in [0.1, 0.15) is 6.04 Å². The van der Waals surface area contributed by atoms with Gasteiger partial charge in [-0.1, -0.05) is 12.0 Å². The minimum absolute atomic E-state index is 0.150. The van der Waals surface area contributed by atoms with Crippen LogP contribution in [0.1, 0.15) is 35.7 Å². The number of nitrogens with zero attached hydrogens (tertiary/aromatic N) is 1. The zero-order valence-corrected chi connectivity index (χ0v) is 11.9. The van der Waals surface area contributed by atoms with E-state index in [4.69, 9.17) is 5.53 Å². The van der Waals surface area contributed by atoms with Crippen LogP contribution in [0, 0.1) is 17.4 Å². The van der Waals surface area contributed by atoms with Gasteiger partial charge in [-0.3, -0.25) is 19.7 Å². The quantitative estimate of drug-likeness (QED) is 0.443. The van der Waals surface area contributed by atoms with Crippen molar-refractivity contribution in [2.45, 2.75) is 25.8 Å². The molecule has 2 rings (SSSR count). The third kappa shape index (κ3) is 3.17. The summed E-state index contributed by atoms with van der Waals surface area (Å²) in [6.07, 6.45) is 0.411. The van der Waals surface area contributed by atoms with Crippen LogP contribution in [0.3, 0.4) is 0 Å². The molecule has 1 atom stereocenters. The molecule has 3 N–H and O–H groups in total. The summed E-state index contributed by atoms with van der Waals surface area (Å²) >= 11 is 0. The molecule has 1 fully saturated rings. The molecule has 1 saturated heterocycles. The van der Waals surface area contributed by atoms with Gasteiger partial charge in [0, 0.05) is 12.0 Å². The minimum Gasteiger partial charge on any atom is -0.340 e. The maximum atomic E-state index is 12.4. The van der Waals surface area contributed by atoms with Gasteiger partial charge >= 0.3 is 0 Å². The molecule has 0 bridgehead atoms. The van der Waals surface area contributed by atoms with Gasteiger partial charge in [-0.2, -0.15) is 5.11 Å². The van der Waals surface area contributed by atoms with Crippen LogP contribution in [-0.4, -0.2) is 23.8 Å². The number of hydrogen-bond donors (Lipinski definition) is 3. The Morgan fingerprint density at radius 3 is 2.86 bits per heavy atom. The van der Waals surface area contributed by atoms with Crippen LogP contribution < -0.4 is 10.6 Å². The van der Waals surface area contributed by atoms with Gasteiger partial charge in [-0.15, -0.1) is 5.92 Å². The van der Waals surface area contributed by atoms with Crippen LogP contribution in [0.15, 0.2) is 23.3 Å². The SMILES string of the molecule is CC#Cc1cccc(N=N)c1C(=O)NC1CCC(=O)NC1=O. The molecule has 0 saturated carbocycles. The number of piperidine rings is 1. The smallest absolute Gasteiger partial charge is 0.255 e. The first-order chi connectivity index (χ1) is 10.6. The lowest BCUT2D eigenvalue weighted by molar-refractivity contribution is -0.134. The number of carbonyl (C=O) groups is 3. The van der Waals surface area contributed by atoms with E-state index in [1.54, 1.807) is 19.1 Å². The fourth-order valence-electron chi connectivity index (χ4n) is 2.17.